The maximum Gasteiger partial charge on any atom is 0.191 e. The van der Waals surface area contributed by atoms with Crippen molar-refractivity contribution in [3.63, 3.8) is 0 Å². The number of pyridine rings is 1. The van der Waals surface area contributed by atoms with Gasteiger partial charge >= 0.3 is 0 Å². The van der Waals surface area contributed by atoms with E-state index in [0.717, 1.165) is 11.3 Å². The van der Waals surface area contributed by atoms with Crippen LogP contribution in [0.2, 0.25) is 10.2 Å². The van der Waals surface area contributed by atoms with Gasteiger partial charge in [-0.2, -0.15) is 0 Å². The van der Waals surface area contributed by atoms with Crippen molar-refractivity contribution in [1.82, 2.24) is 20.2 Å². The number of rotatable bonds is 6. The van der Waals surface area contributed by atoms with E-state index in [0.29, 0.717) is 35.8 Å². The van der Waals surface area contributed by atoms with Crippen LogP contribution in [-0.2, 0) is 13.6 Å². The minimum atomic E-state index is -0.643. The summed E-state index contributed by atoms with van der Waals surface area (Å²) in [4.78, 5) is 8.44. The second-order valence-electron chi connectivity index (χ2n) is 5.21. The van der Waals surface area contributed by atoms with Crippen molar-refractivity contribution in [3.8, 4) is 0 Å². The number of halogens is 2. The van der Waals surface area contributed by atoms with E-state index in [4.69, 9.17) is 23.2 Å². The molecule has 0 fully saturated rings. The molecule has 0 saturated carbocycles. The number of aliphatic imine (C=N–C) groups is 1. The predicted octanol–water partition coefficient (Wildman–Crippen LogP) is 2.52. The van der Waals surface area contributed by atoms with Gasteiger partial charge < -0.3 is 20.3 Å². The molecular weight excluding hydrogens is 349 g/mol. The zero-order valence-corrected chi connectivity index (χ0v) is 15.1. The van der Waals surface area contributed by atoms with Gasteiger partial charge in [0.2, 0.25) is 0 Å². The van der Waals surface area contributed by atoms with E-state index >= 15 is 0 Å². The molecular formula is C16H21Cl2N5O. The molecule has 8 heteroatoms. The molecule has 0 radical (unpaired) electrons. The lowest BCUT2D eigenvalue weighted by Gasteiger charge is -2.15. The summed E-state index contributed by atoms with van der Waals surface area (Å²) in [6, 6.07) is 5.36. The third-order valence-electron chi connectivity index (χ3n) is 3.51. The monoisotopic (exact) mass is 369 g/mol. The Morgan fingerprint density at radius 3 is 2.62 bits per heavy atom. The van der Waals surface area contributed by atoms with Gasteiger partial charge in [-0.05, 0) is 30.7 Å². The van der Waals surface area contributed by atoms with Crippen LogP contribution in [0.25, 0.3) is 0 Å². The Labute approximate surface area is 151 Å². The summed E-state index contributed by atoms with van der Waals surface area (Å²) >= 11 is 12.1. The molecule has 0 aliphatic carbocycles. The Morgan fingerprint density at radius 2 is 2.04 bits per heavy atom. The lowest BCUT2D eigenvalue weighted by Crippen LogP contribution is -2.39. The van der Waals surface area contributed by atoms with Gasteiger partial charge in [0, 0.05) is 38.2 Å². The van der Waals surface area contributed by atoms with E-state index in [9.17, 15) is 5.11 Å². The molecule has 0 saturated heterocycles. The van der Waals surface area contributed by atoms with E-state index in [2.05, 4.69) is 20.6 Å². The van der Waals surface area contributed by atoms with E-state index in [1.54, 1.807) is 35.2 Å². The maximum atomic E-state index is 10.2. The molecule has 1 unspecified atom stereocenters. The average Bonchev–Trinajstić information content (AvgIpc) is 2.85. The van der Waals surface area contributed by atoms with Gasteiger partial charge in [-0.3, -0.25) is 4.98 Å². The van der Waals surface area contributed by atoms with E-state index in [-0.39, 0.29) is 0 Å². The Bertz CT molecular complexity index is 687. The van der Waals surface area contributed by atoms with Crippen molar-refractivity contribution in [2.75, 3.05) is 13.1 Å². The van der Waals surface area contributed by atoms with Crippen LogP contribution >= 0.6 is 23.2 Å². The van der Waals surface area contributed by atoms with Gasteiger partial charge in [0.1, 0.15) is 5.15 Å². The lowest BCUT2D eigenvalue weighted by atomic mass is 10.1. The fraction of sp³-hybridized carbons (Fsp3) is 0.375. The Morgan fingerprint density at radius 1 is 1.33 bits per heavy atom. The van der Waals surface area contributed by atoms with Crippen LogP contribution in [0.1, 0.15) is 24.3 Å². The maximum absolute atomic E-state index is 10.2. The molecule has 24 heavy (non-hydrogen) atoms. The van der Waals surface area contributed by atoms with Gasteiger partial charge in [0.05, 0.1) is 17.7 Å². The highest BCUT2D eigenvalue weighted by molar-refractivity contribution is 6.41. The van der Waals surface area contributed by atoms with Crippen molar-refractivity contribution in [3.05, 3.63) is 52.0 Å². The third-order valence-corrected chi connectivity index (χ3v) is 4.35. The van der Waals surface area contributed by atoms with Crippen LogP contribution in [-0.4, -0.2) is 33.7 Å². The third kappa shape index (κ3) is 4.87. The topological polar surface area (TPSA) is 74.5 Å². The fourth-order valence-electron chi connectivity index (χ4n) is 2.14. The number of aromatic nitrogens is 2. The van der Waals surface area contributed by atoms with Crippen molar-refractivity contribution in [1.29, 1.82) is 0 Å². The first kappa shape index (κ1) is 18.6. The van der Waals surface area contributed by atoms with Gasteiger partial charge in [-0.25, -0.2) is 4.99 Å². The van der Waals surface area contributed by atoms with Crippen LogP contribution in [0.3, 0.4) is 0 Å². The number of hydrogen-bond donors (Lipinski definition) is 3. The quantitative estimate of drug-likeness (QED) is 0.540. The van der Waals surface area contributed by atoms with Gasteiger partial charge in [0.15, 0.2) is 5.96 Å². The van der Waals surface area contributed by atoms with Gasteiger partial charge in [-0.15, -0.1) is 0 Å². The second kappa shape index (κ2) is 8.92. The van der Waals surface area contributed by atoms with Crippen molar-refractivity contribution in [2.24, 2.45) is 12.0 Å². The summed E-state index contributed by atoms with van der Waals surface area (Å²) in [5.41, 5.74) is 1.70. The molecule has 2 heterocycles. The number of aliphatic hydroxyl groups is 1. The van der Waals surface area contributed by atoms with Crippen LogP contribution in [0.5, 0.6) is 0 Å². The average molecular weight is 370 g/mol. The Hall–Kier alpha value is -1.76. The number of aliphatic hydroxyl groups excluding tert-OH is 1. The normalized spacial score (nSPS) is 13.0. The summed E-state index contributed by atoms with van der Waals surface area (Å²) in [7, 11) is 1.84. The SMILES string of the molecule is CCNC(=NCc1cc(Cl)c(Cl)n1C)NCC(O)c1ccncc1. The summed E-state index contributed by atoms with van der Waals surface area (Å²) in [5, 5.41) is 17.5. The molecule has 2 aromatic rings. The van der Waals surface area contributed by atoms with Crippen molar-refractivity contribution in [2.45, 2.75) is 19.6 Å². The lowest BCUT2D eigenvalue weighted by molar-refractivity contribution is 0.180. The molecule has 0 spiro atoms. The Kier molecular flexibility index (Phi) is 6.90. The molecule has 0 bridgehead atoms. The van der Waals surface area contributed by atoms with Crippen LogP contribution in [0.4, 0.5) is 0 Å². The minimum absolute atomic E-state index is 0.338. The highest BCUT2D eigenvalue weighted by Crippen LogP contribution is 2.25. The number of nitrogens with one attached hydrogen (secondary N) is 2. The molecule has 3 N–H and O–H groups in total. The number of guanidine groups is 1. The first-order valence-electron chi connectivity index (χ1n) is 7.62. The minimum Gasteiger partial charge on any atom is -0.387 e. The second-order valence-corrected chi connectivity index (χ2v) is 5.97. The van der Waals surface area contributed by atoms with Crippen LogP contribution < -0.4 is 10.6 Å². The fourth-order valence-corrected chi connectivity index (χ4v) is 2.56. The zero-order valence-electron chi connectivity index (χ0n) is 13.6. The molecule has 0 aliphatic rings. The van der Waals surface area contributed by atoms with Gasteiger partial charge in [0.25, 0.3) is 0 Å². The van der Waals surface area contributed by atoms with Crippen molar-refractivity contribution < 1.29 is 5.11 Å². The summed E-state index contributed by atoms with van der Waals surface area (Å²) < 4.78 is 1.79. The van der Waals surface area contributed by atoms with Gasteiger partial charge in [-0.1, -0.05) is 23.2 Å². The van der Waals surface area contributed by atoms with E-state index in [1.165, 1.54) is 0 Å². The first-order chi connectivity index (χ1) is 11.5. The molecule has 130 valence electrons. The molecule has 2 aromatic heterocycles. The number of hydrogen-bond acceptors (Lipinski definition) is 3. The molecule has 2 rings (SSSR count). The molecule has 0 aromatic carbocycles. The standard InChI is InChI=1S/C16H21Cl2N5O/c1-3-20-16(21-9-12-8-13(17)15(18)23(12)2)22-10-14(24)11-4-6-19-7-5-11/h4-8,14,24H,3,9-10H2,1-2H3,(H2,20,21,22). The molecule has 0 aliphatic heterocycles. The summed E-state index contributed by atoms with van der Waals surface area (Å²) in [6.07, 6.45) is 2.66. The zero-order chi connectivity index (χ0) is 17.5. The molecule has 6 nitrogen and oxygen atoms in total. The first-order valence-corrected chi connectivity index (χ1v) is 8.38. The molecule has 0 amide bonds. The predicted molar refractivity (Wildman–Crippen MR) is 97.4 cm³/mol. The highest BCUT2D eigenvalue weighted by atomic mass is 35.5. The summed E-state index contributed by atoms with van der Waals surface area (Å²) in [6.45, 7) is 3.45. The largest absolute Gasteiger partial charge is 0.387 e. The number of nitrogens with zero attached hydrogens (tertiary/aromatic N) is 3. The van der Waals surface area contributed by atoms with E-state index < -0.39 is 6.10 Å². The molecule has 1 atom stereocenters. The summed E-state index contributed by atoms with van der Waals surface area (Å²) in [5.74, 6) is 0.610. The van der Waals surface area contributed by atoms with Crippen LogP contribution in [0, 0.1) is 0 Å². The smallest absolute Gasteiger partial charge is 0.191 e. The highest BCUT2D eigenvalue weighted by Gasteiger charge is 2.10. The van der Waals surface area contributed by atoms with E-state index in [1.807, 2.05) is 14.0 Å². The van der Waals surface area contributed by atoms with Crippen LogP contribution in [0.15, 0.2) is 35.6 Å². The van der Waals surface area contributed by atoms with Crippen molar-refractivity contribution >= 4 is 29.2 Å². The Balaban J connectivity index is 1.99.